The molecule has 1 aromatic carbocycles. The van der Waals surface area contributed by atoms with E-state index in [1.807, 2.05) is 24.3 Å². The molecule has 0 aromatic heterocycles. The molecule has 0 bridgehead atoms. The minimum atomic E-state index is -2.89. The van der Waals surface area contributed by atoms with Gasteiger partial charge in [0.15, 0.2) is 9.84 Å². The maximum absolute atomic E-state index is 12.3. The molecule has 6 nitrogen and oxygen atoms in total. The van der Waals surface area contributed by atoms with Crippen LogP contribution >= 0.6 is 0 Å². The second-order valence-corrected chi connectivity index (χ2v) is 8.48. The highest BCUT2D eigenvalue weighted by Crippen LogP contribution is 2.22. The van der Waals surface area contributed by atoms with Crippen LogP contribution in [0.25, 0.3) is 0 Å². The van der Waals surface area contributed by atoms with Crippen molar-refractivity contribution in [2.45, 2.75) is 25.3 Å². The molecular formula is C16H23N3O3S. The molecule has 0 unspecified atom stereocenters. The Morgan fingerprint density at radius 2 is 2.00 bits per heavy atom. The summed E-state index contributed by atoms with van der Waals surface area (Å²) in [4.78, 5) is 14.3. The van der Waals surface area contributed by atoms with E-state index in [0.717, 1.165) is 37.2 Å². The van der Waals surface area contributed by atoms with Crippen molar-refractivity contribution in [2.24, 2.45) is 0 Å². The fourth-order valence-electron chi connectivity index (χ4n) is 3.06. The lowest BCUT2D eigenvalue weighted by Gasteiger charge is -2.29. The summed E-state index contributed by atoms with van der Waals surface area (Å²) >= 11 is 0. The molecule has 0 aliphatic carbocycles. The maximum Gasteiger partial charge on any atom is 0.241 e. The summed E-state index contributed by atoms with van der Waals surface area (Å²) in [5.41, 5.74) is 1.71. The first-order valence-corrected chi connectivity index (χ1v) is 9.95. The molecule has 0 saturated carbocycles. The molecule has 0 spiro atoms. The second-order valence-electron chi connectivity index (χ2n) is 6.18. The van der Waals surface area contributed by atoms with E-state index in [1.165, 1.54) is 0 Å². The smallest absolute Gasteiger partial charge is 0.241 e. The van der Waals surface area contributed by atoms with Gasteiger partial charge in [-0.1, -0.05) is 12.5 Å². The summed E-state index contributed by atoms with van der Waals surface area (Å²) in [6.07, 6.45) is 3.07. The summed E-state index contributed by atoms with van der Waals surface area (Å²) in [6.45, 7) is 1.90. The van der Waals surface area contributed by atoms with Crippen molar-refractivity contribution in [1.29, 1.82) is 0 Å². The van der Waals surface area contributed by atoms with Gasteiger partial charge in [0.2, 0.25) is 5.91 Å². The quantitative estimate of drug-likeness (QED) is 0.860. The van der Waals surface area contributed by atoms with E-state index in [-0.39, 0.29) is 23.5 Å². The third-order valence-electron chi connectivity index (χ3n) is 4.45. The summed E-state index contributed by atoms with van der Waals surface area (Å²) in [5.74, 6) is 0.383. The summed E-state index contributed by atoms with van der Waals surface area (Å²) < 4.78 is 23.0. The molecule has 2 N–H and O–H groups in total. The summed E-state index contributed by atoms with van der Waals surface area (Å²) in [6, 6.07) is 7.51. The van der Waals surface area contributed by atoms with Crippen LogP contribution in [-0.2, 0) is 14.6 Å². The summed E-state index contributed by atoms with van der Waals surface area (Å²) in [5, 5.41) is 6.20. The average molecular weight is 337 g/mol. The van der Waals surface area contributed by atoms with Gasteiger partial charge in [-0.25, -0.2) is 8.42 Å². The molecule has 1 atom stereocenters. The Hall–Kier alpha value is -1.60. The van der Waals surface area contributed by atoms with Crippen molar-refractivity contribution in [3.8, 4) is 0 Å². The molecule has 2 aliphatic heterocycles. The Labute approximate surface area is 137 Å². The highest BCUT2D eigenvalue weighted by molar-refractivity contribution is 7.91. The zero-order chi connectivity index (χ0) is 16.3. The van der Waals surface area contributed by atoms with Crippen molar-refractivity contribution < 1.29 is 13.2 Å². The van der Waals surface area contributed by atoms with E-state index in [1.54, 1.807) is 0 Å². The van der Waals surface area contributed by atoms with Gasteiger partial charge in [-0.2, -0.15) is 0 Å². The number of hydrogen-bond donors (Lipinski definition) is 2. The molecule has 1 amide bonds. The molecule has 2 aliphatic rings. The number of amides is 1. The lowest BCUT2D eigenvalue weighted by atomic mass is 10.0. The topological polar surface area (TPSA) is 78.5 Å². The van der Waals surface area contributed by atoms with Gasteiger partial charge in [-0.3, -0.25) is 4.79 Å². The maximum atomic E-state index is 12.3. The zero-order valence-electron chi connectivity index (χ0n) is 13.1. The Kier molecular flexibility index (Phi) is 4.87. The zero-order valence-corrected chi connectivity index (χ0v) is 13.9. The fourth-order valence-corrected chi connectivity index (χ4v) is 4.26. The van der Waals surface area contributed by atoms with E-state index >= 15 is 0 Å². The van der Waals surface area contributed by atoms with Gasteiger partial charge in [-0.15, -0.1) is 0 Å². The molecule has 126 valence electrons. The van der Waals surface area contributed by atoms with Crippen molar-refractivity contribution in [3.63, 3.8) is 0 Å². The van der Waals surface area contributed by atoms with Crippen LogP contribution in [0.5, 0.6) is 0 Å². The number of benzene rings is 1. The molecule has 2 fully saturated rings. The number of rotatable bonds is 3. The Morgan fingerprint density at radius 1 is 1.22 bits per heavy atom. The van der Waals surface area contributed by atoms with Gasteiger partial charge >= 0.3 is 0 Å². The Morgan fingerprint density at radius 3 is 2.70 bits per heavy atom. The SMILES string of the molecule is O=C(Nc1cccc(N2CCS(=O)(=O)CC2)c1)[C@H]1CCCCN1. The van der Waals surface area contributed by atoms with Gasteiger partial charge in [0.05, 0.1) is 17.5 Å². The fraction of sp³-hybridized carbons (Fsp3) is 0.562. The van der Waals surface area contributed by atoms with Crippen molar-refractivity contribution >= 4 is 27.1 Å². The van der Waals surface area contributed by atoms with Crippen LogP contribution in [0.3, 0.4) is 0 Å². The highest BCUT2D eigenvalue weighted by Gasteiger charge is 2.23. The summed E-state index contributed by atoms with van der Waals surface area (Å²) in [7, 11) is -2.89. The number of piperidine rings is 1. The van der Waals surface area contributed by atoms with Crippen LogP contribution in [0.2, 0.25) is 0 Å². The molecule has 2 saturated heterocycles. The third-order valence-corrected chi connectivity index (χ3v) is 6.06. The van der Waals surface area contributed by atoms with E-state index in [9.17, 15) is 13.2 Å². The van der Waals surface area contributed by atoms with Crippen LogP contribution in [0.1, 0.15) is 19.3 Å². The first kappa shape index (κ1) is 16.3. The number of anilines is 2. The average Bonchev–Trinajstić information content (AvgIpc) is 2.56. The predicted octanol–water partition coefficient (Wildman–Crippen LogP) is 1.00. The number of hydrogen-bond acceptors (Lipinski definition) is 5. The van der Waals surface area contributed by atoms with E-state index in [2.05, 4.69) is 15.5 Å². The molecule has 2 heterocycles. The predicted molar refractivity (Wildman–Crippen MR) is 91.6 cm³/mol. The Bertz CT molecular complexity index is 655. The number of sulfone groups is 1. The van der Waals surface area contributed by atoms with E-state index in [4.69, 9.17) is 0 Å². The minimum Gasteiger partial charge on any atom is -0.369 e. The lowest BCUT2D eigenvalue weighted by molar-refractivity contribution is -0.118. The van der Waals surface area contributed by atoms with Crippen LogP contribution < -0.4 is 15.5 Å². The first-order chi connectivity index (χ1) is 11.0. The van der Waals surface area contributed by atoms with Gasteiger partial charge in [0.1, 0.15) is 0 Å². The van der Waals surface area contributed by atoms with Crippen LogP contribution in [0.4, 0.5) is 11.4 Å². The number of nitrogens with zero attached hydrogens (tertiary/aromatic N) is 1. The standard InChI is InChI=1S/C16H23N3O3S/c20-16(15-6-1-2-7-17-15)18-13-4-3-5-14(12-13)19-8-10-23(21,22)11-9-19/h3-5,12,15,17H,1-2,6-11H2,(H,18,20)/t15-/m1/s1. The van der Waals surface area contributed by atoms with Crippen LogP contribution in [-0.4, -0.2) is 51.5 Å². The van der Waals surface area contributed by atoms with Crippen molar-refractivity contribution in [2.75, 3.05) is 41.4 Å². The van der Waals surface area contributed by atoms with Gasteiger partial charge in [0.25, 0.3) is 0 Å². The van der Waals surface area contributed by atoms with Crippen LogP contribution in [0.15, 0.2) is 24.3 Å². The number of nitrogens with one attached hydrogen (secondary N) is 2. The largest absolute Gasteiger partial charge is 0.369 e. The molecule has 1 aromatic rings. The van der Waals surface area contributed by atoms with Crippen molar-refractivity contribution in [1.82, 2.24) is 5.32 Å². The lowest BCUT2D eigenvalue weighted by Crippen LogP contribution is -2.43. The van der Waals surface area contributed by atoms with E-state index in [0.29, 0.717) is 13.1 Å². The minimum absolute atomic E-state index is 0.00284. The van der Waals surface area contributed by atoms with E-state index < -0.39 is 9.84 Å². The molecule has 3 rings (SSSR count). The first-order valence-electron chi connectivity index (χ1n) is 8.13. The van der Waals surface area contributed by atoms with Crippen LogP contribution in [0, 0.1) is 0 Å². The van der Waals surface area contributed by atoms with Gasteiger partial charge < -0.3 is 15.5 Å². The second kappa shape index (κ2) is 6.88. The Balaban J connectivity index is 1.64. The monoisotopic (exact) mass is 337 g/mol. The van der Waals surface area contributed by atoms with Crippen molar-refractivity contribution in [3.05, 3.63) is 24.3 Å². The third kappa shape index (κ3) is 4.23. The van der Waals surface area contributed by atoms with Gasteiger partial charge in [0, 0.05) is 24.5 Å². The van der Waals surface area contributed by atoms with Gasteiger partial charge in [-0.05, 0) is 37.6 Å². The normalized spacial score (nSPS) is 24.2. The molecule has 7 heteroatoms. The molecular weight excluding hydrogens is 314 g/mol. The number of carbonyl (C=O) groups excluding carboxylic acids is 1. The molecule has 0 radical (unpaired) electrons. The molecule has 23 heavy (non-hydrogen) atoms. The number of carbonyl (C=O) groups is 1. The highest BCUT2D eigenvalue weighted by atomic mass is 32.2.